The second-order valence-corrected chi connectivity index (χ2v) is 5.95. The Labute approximate surface area is 130 Å². The van der Waals surface area contributed by atoms with Crippen molar-refractivity contribution in [1.82, 2.24) is 14.7 Å². The van der Waals surface area contributed by atoms with Crippen molar-refractivity contribution in [1.29, 1.82) is 0 Å². The maximum atomic E-state index is 11.0. The minimum atomic E-state index is 0.466. The summed E-state index contributed by atoms with van der Waals surface area (Å²) in [7, 11) is 2.16. The van der Waals surface area contributed by atoms with Gasteiger partial charge in [-0.1, -0.05) is 18.2 Å². The van der Waals surface area contributed by atoms with Crippen LogP contribution in [0.5, 0.6) is 0 Å². The summed E-state index contributed by atoms with van der Waals surface area (Å²) in [4.78, 5) is 13.3. The van der Waals surface area contributed by atoms with Crippen molar-refractivity contribution < 1.29 is 4.79 Å². The van der Waals surface area contributed by atoms with E-state index in [1.165, 1.54) is 0 Å². The number of rotatable bonds is 4. The lowest BCUT2D eigenvalue weighted by Crippen LogP contribution is -2.29. The van der Waals surface area contributed by atoms with E-state index in [4.69, 9.17) is 5.10 Å². The standard InChI is InChI=1S/C17H22N4O/c1-13-16(14-8-10-20(2)11-9-14)19-21(17(13)18-12-22)15-6-4-3-5-7-15/h3-7,12,14H,8-11H2,1-2H3,(H,18,22). The average molecular weight is 298 g/mol. The van der Waals surface area contributed by atoms with Crippen LogP contribution >= 0.6 is 0 Å². The Bertz CT molecular complexity index is 642. The fraction of sp³-hybridized carbons (Fsp3) is 0.412. The molecule has 1 aromatic heterocycles. The van der Waals surface area contributed by atoms with Gasteiger partial charge in [-0.2, -0.15) is 5.10 Å². The van der Waals surface area contributed by atoms with Crippen LogP contribution in [0.25, 0.3) is 5.69 Å². The van der Waals surface area contributed by atoms with Gasteiger partial charge >= 0.3 is 0 Å². The van der Waals surface area contributed by atoms with Crippen LogP contribution in [-0.4, -0.2) is 41.2 Å². The number of hydrogen-bond donors (Lipinski definition) is 1. The zero-order valence-electron chi connectivity index (χ0n) is 13.1. The van der Waals surface area contributed by atoms with Crippen LogP contribution in [0, 0.1) is 6.92 Å². The molecule has 22 heavy (non-hydrogen) atoms. The van der Waals surface area contributed by atoms with Crippen LogP contribution in [0.15, 0.2) is 30.3 Å². The highest BCUT2D eigenvalue weighted by molar-refractivity contribution is 5.72. The largest absolute Gasteiger partial charge is 0.313 e. The molecule has 0 atom stereocenters. The van der Waals surface area contributed by atoms with Gasteiger partial charge in [0.1, 0.15) is 5.82 Å². The lowest BCUT2D eigenvalue weighted by Gasteiger charge is -2.28. The summed E-state index contributed by atoms with van der Waals surface area (Å²) in [6.45, 7) is 4.24. The summed E-state index contributed by atoms with van der Waals surface area (Å²) in [5.41, 5.74) is 3.15. The van der Waals surface area contributed by atoms with Crippen LogP contribution in [0.4, 0.5) is 5.82 Å². The van der Waals surface area contributed by atoms with E-state index in [0.29, 0.717) is 5.92 Å². The molecule has 116 valence electrons. The molecule has 0 spiro atoms. The summed E-state index contributed by atoms with van der Waals surface area (Å²) in [5, 5.41) is 7.64. The Morgan fingerprint density at radius 1 is 1.23 bits per heavy atom. The lowest BCUT2D eigenvalue weighted by molar-refractivity contribution is -0.105. The van der Waals surface area contributed by atoms with Crippen LogP contribution in [0.3, 0.4) is 0 Å². The fourth-order valence-corrected chi connectivity index (χ4v) is 3.16. The predicted molar refractivity (Wildman–Crippen MR) is 87.5 cm³/mol. The SMILES string of the molecule is Cc1c(C2CCN(C)CC2)nn(-c2ccccc2)c1NC=O. The molecule has 0 bridgehead atoms. The van der Waals surface area contributed by atoms with Crippen LogP contribution in [0.2, 0.25) is 0 Å². The molecule has 1 N–H and O–H groups in total. The van der Waals surface area contributed by atoms with Gasteiger partial charge in [0.05, 0.1) is 11.4 Å². The molecular weight excluding hydrogens is 276 g/mol. The van der Waals surface area contributed by atoms with E-state index in [1.807, 2.05) is 41.9 Å². The molecule has 1 saturated heterocycles. The molecule has 0 radical (unpaired) electrons. The number of anilines is 1. The number of nitrogens with zero attached hydrogens (tertiary/aromatic N) is 3. The van der Waals surface area contributed by atoms with Gasteiger partial charge in [0, 0.05) is 11.5 Å². The third kappa shape index (κ3) is 2.76. The zero-order valence-corrected chi connectivity index (χ0v) is 13.1. The van der Waals surface area contributed by atoms with Gasteiger partial charge in [0.25, 0.3) is 0 Å². The second-order valence-electron chi connectivity index (χ2n) is 5.95. The monoisotopic (exact) mass is 298 g/mol. The molecular formula is C17H22N4O. The topological polar surface area (TPSA) is 50.2 Å². The van der Waals surface area contributed by atoms with E-state index in [2.05, 4.69) is 17.3 Å². The molecule has 0 unspecified atom stereocenters. The summed E-state index contributed by atoms with van der Waals surface area (Å²) >= 11 is 0. The van der Waals surface area contributed by atoms with Gasteiger partial charge in [0.15, 0.2) is 0 Å². The Balaban J connectivity index is 2.00. The van der Waals surface area contributed by atoms with Gasteiger partial charge in [0.2, 0.25) is 6.41 Å². The van der Waals surface area contributed by atoms with Crippen molar-refractivity contribution in [3.05, 3.63) is 41.6 Å². The van der Waals surface area contributed by atoms with Gasteiger partial charge < -0.3 is 10.2 Å². The number of carbonyl (C=O) groups is 1. The number of aromatic nitrogens is 2. The highest BCUT2D eigenvalue weighted by atomic mass is 16.1. The van der Waals surface area contributed by atoms with E-state index < -0.39 is 0 Å². The molecule has 1 aromatic carbocycles. The van der Waals surface area contributed by atoms with Crippen molar-refractivity contribution in [3.63, 3.8) is 0 Å². The Hall–Kier alpha value is -2.14. The highest BCUT2D eigenvalue weighted by Gasteiger charge is 2.25. The van der Waals surface area contributed by atoms with Crippen LogP contribution < -0.4 is 5.32 Å². The molecule has 2 aromatic rings. The molecule has 5 nitrogen and oxygen atoms in total. The zero-order chi connectivity index (χ0) is 15.5. The van der Waals surface area contributed by atoms with Gasteiger partial charge in [-0.15, -0.1) is 0 Å². The molecule has 1 fully saturated rings. The first-order valence-corrected chi connectivity index (χ1v) is 7.74. The van der Waals surface area contributed by atoms with E-state index in [9.17, 15) is 4.79 Å². The van der Waals surface area contributed by atoms with Crippen LogP contribution in [-0.2, 0) is 4.79 Å². The molecule has 2 heterocycles. The summed E-state index contributed by atoms with van der Waals surface area (Å²) in [6, 6.07) is 9.94. The quantitative estimate of drug-likeness (QED) is 0.883. The van der Waals surface area contributed by atoms with Crippen LogP contribution in [0.1, 0.15) is 30.0 Å². The maximum Gasteiger partial charge on any atom is 0.212 e. The smallest absolute Gasteiger partial charge is 0.212 e. The number of piperidine rings is 1. The van der Waals surface area contributed by atoms with Crippen molar-refractivity contribution in [2.75, 3.05) is 25.5 Å². The van der Waals surface area contributed by atoms with Gasteiger partial charge in [-0.3, -0.25) is 4.79 Å². The summed E-state index contributed by atoms with van der Waals surface area (Å²) in [6.07, 6.45) is 2.95. The first-order chi connectivity index (χ1) is 10.7. The lowest BCUT2D eigenvalue weighted by atomic mass is 9.92. The number of likely N-dealkylation sites (tertiary alicyclic amines) is 1. The molecule has 5 heteroatoms. The van der Waals surface area contributed by atoms with Crippen molar-refractivity contribution >= 4 is 12.2 Å². The summed E-state index contributed by atoms with van der Waals surface area (Å²) in [5.74, 6) is 1.24. The minimum Gasteiger partial charge on any atom is -0.313 e. The molecule has 3 rings (SSSR count). The van der Waals surface area contributed by atoms with Crippen molar-refractivity contribution in [3.8, 4) is 5.69 Å². The van der Waals surface area contributed by atoms with E-state index in [1.54, 1.807) is 0 Å². The predicted octanol–water partition coefficient (Wildman–Crippen LogP) is 2.56. The average Bonchev–Trinajstić information content (AvgIpc) is 2.87. The molecule has 1 aliphatic heterocycles. The van der Waals surface area contributed by atoms with Gasteiger partial charge in [-0.05, 0) is 52.0 Å². The van der Waals surface area contributed by atoms with Gasteiger partial charge in [-0.25, -0.2) is 4.68 Å². The van der Waals surface area contributed by atoms with E-state index in [0.717, 1.165) is 55.1 Å². The Morgan fingerprint density at radius 2 is 1.91 bits per heavy atom. The molecule has 1 amide bonds. The number of benzene rings is 1. The normalized spacial score (nSPS) is 16.6. The third-order valence-electron chi connectivity index (χ3n) is 4.46. The minimum absolute atomic E-state index is 0.466. The maximum absolute atomic E-state index is 11.0. The first kappa shape index (κ1) is 14.8. The Kier molecular flexibility index (Phi) is 4.24. The highest BCUT2D eigenvalue weighted by Crippen LogP contribution is 2.33. The number of carbonyl (C=O) groups excluding carboxylic acids is 1. The molecule has 0 aliphatic carbocycles. The number of amides is 1. The fourth-order valence-electron chi connectivity index (χ4n) is 3.16. The summed E-state index contributed by atoms with van der Waals surface area (Å²) < 4.78 is 1.84. The molecule has 0 saturated carbocycles. The molecule has 1 aliphatic rings. The number of hydrogen-bond acceptors (Lipinski definition) is 3. The number of nitrogens with one attached hydrogen (secondary N) is 1. The second kappa shape index (κ2) is 6.32. The van der Waals surface area contributed by atoms with Crippen molar-refractivity contribution in [2.45, 2.75) is 25.7 Å². The van der Waals surface area contributed by atoms with Crippen molar-refractivity contribution in [2.24, 2.45) is 0 Å². The third-order valence-corrected chi connectivity index (χ3v) is 4.46. The first-order valence-electron chi connectivity index (χ1n) is 7.74. The van der Waals surface area contributed by atoms with E-state index >= 15 is 0 Å². The Morgan fingerprint density at radius 3 is 2.55 bits per heavy atom. The van der Waals surface area contributed by atoms with E-state index in [-0.39, 0.29) is 0 Å². The number of para-hydroxylation sites is 1.